The fourth-order valence-corrected chi connectivity index (χ4v) is 2.01. The van der Waals surface area contributed by atoms with E-state index in [1.165, 1.54) is 0 Å². The second-order valence-corrected chi connectivity index (χ2v) is 5.64. The lowest BCUT2D eigenvalue weighted by molar-refractivity contribution is -0.137. The molecule has 0 aliphatic heterocycles. The molecule has 0 aromatic rings. The van der Waals surface area contributed by atoms with Crippen LogP contribution in [0.4, 0.5) is 0 Å². The van der Waals surface area contributed by atoms with Crippen LogP contribution < -0.4 is 11.1 Å². The molecule has 5 heteroatoms. The minimum atomic E-state index is -0.769. The summed E-state index contributed by atoms with van der Waals surface area (Å²) in [6, 6.07) is 0. The van der Waals surface area contributed by atoms with Crippen LogP contribution >= 0.6 is 0 Å². The van der Waals surface area contributed by atoms with Crippen molar-refractivity contribution in [2.75, 3.05) is 6.54 Å². The molecule has 0 aromatic heterocycles. The Morgan fingerprint density at radius 1 is 1.44 bits per heavy atom. The number of nitrogens with one attached hydrogen (secondary N) is 1. The van der Waals surface area contributed by atoms with E-state index in [9.17, 15) is 9.59 Å². The molecule has 2 atom stereocenters. The minimum Gasteiger partial charge on any atom is -0.481 e. The molecule has 1 saturated carbocycles. The first-order valence-corrected chi connectivity index (χ1v) is 6.63. The van der Waals surface area contributed by atoms with E-state index in [1.54, 1.807) is 6.92 Å². The molecule has 1 rings (SSSR count). The van der Waals surface area contributed by atoms with E-state index < -0.39 is 11.5 Å². The lowest BCUT2D eigenvalue weighted by Crippen LogP contribution is -2.53. The van der Waals surface area contributed by atoms with E-state index in [4.69, 9.17) is 10.8 Å². The Labute approximate surface area is 108 Å². The maximum Gasteiger partial charge on any atom is 0.303 e. The summed E-state index contributed by atoms with van der Waals surface area (Å²) in [5, 5.41) is 11.4. The van der Waals surface area contributed by atoms with Gasteiger partial charge < -0.3 is 16.2 Å². The average Bonchev–Trinajstić information content (AvgIpc) is 3.09. The van der Waals surface area contributed by atoms with Crippen molar-refractivity contribution in [2.24, 2.45) is 17.6 Å². The second-order valence-electron chi connectivity index (χ2n) is 5.64. The highest BCUT2D eigenvalue weighted by Crippen LogP contribution is 2.38. The third-order valence-electron chi connectivity index (χ3n) is 3.69. The molecule has 0 heterocycles. The van der Waals surface area contributed by atoms with Gasteiger partial charge in [0, 0.05) is 13.0 Å². The Kier molecular flexibility index (Phi) is 5.14. The van der Waals surface area contributed by atoms with Gasteiger partial charge >= 0.3 is 5.97 Å². The molecule has 1 amide bonds. The number of carbonyl (C=O) groups is 2. The Morgan fingerprint density at radius 2 is 2.06 bits per heavy atom. The molecule has 0 spiro atoms. The van der Waals surface area contributed by atoms with E-state index in [0.717, 1.165) is 19.3 Å². The van der Waals surface area contributed by atoms with E-state index in [-0.39, 0.29) is 12.3 Å². The second kappa shape index (κ2) is 6.18. The number of aliphatic carboxylic acids is 1. The van der Waals surface area contributed by atoms with E-state index in [2.05, 4.69) is 5.32 Å². The normalized spacial score (nSPS) is 19.9. The molecule has 0 radical (unpaired) electrons. The van der Waals surface area contributed by atoms with Gasteiger partial charge in [0.2, 0.25) is 5.91 Å². The predicted molar refractivity (Wildman–Crippen MR) is 69.0 cm³/mol. The molecule has 1 aliphatic carbocycles. The van der Waals surface area contributed by atoms with E-state index in [1.807, 2.05) is 6.92 Å². The largest absolute Gasteiger partial charge is 0.481 e. The fourth-order valence-electron chi connectivity index (χ4n) is 2.01. The number of rotatable bonds is 8. The van der Waals surface area contributed by atoms with Crippen molar-refractivity contribution >= 4 is 11.9 Å². The SMILES string of the molecule is CC(CCNC(=O)C(C)(N)C1CC1)CCC(=O)O. The van der Waals surface area contributed by atoms with Crippen LogP contribution in [0.2, 0.25) is 0 Å². The quantitative estimate of drug-likeness (QED) is 0.607. The molecular formula is C13H24N2O3. The van der Waals surface area contributed by atoms with Crippen molar-refractivity contribution in [2.45, 2.75) is 51.5 Å². The number of hydrogen-bond acceptors (Lipinski definition) is 3. The van der Waals surface area contributed by atoms with Gasteiger partial charge in [-0.25, -0.2) is 0 Å². The summed E-state index contributed by atoms with van der Waals surface area (Å²) >= 11 is 0. The summed E-state index contributed by atoms with van der Waals surface area (Å²) < 4.78 is 0. The van der Waals surface area contributed by atoms with Crippen molar-refractivity contribution in [3.05, 3.63) is 0 Å². The molecule has 104 valence electrons. The van der Waals surface area contributed by atoms with Crippen molar-refractivity contribution < 1.29 is 14.7 Å². The van der Waals surface area contributed by atoms with Crippen LogP contribution in [0.15, 0.2) is 0 Å². The van der Waals surface area contributed by atoms with Crippen LogP contribution in [0, 0.1) is 11.8 Å². The van der Waals surface area contributed by atoms with Crippen LogP contribution in [-0.2, 0) is 9.59 Å². The average molecular weight is 256 g/mol. The van der Waals surface area contributed by atoms with Crippen LogP contribution in [0.1, 0.15) is 46.0 Å². The van der Waals surface area contributed by atoms with Crippen LogP contribution in [0.3, 0.4) is 0 Å². The Morgan fingerprint density at radius 3 is 2.56 bits per heavy atom. The van der Waals surface area contributed by atoms with Crippen molar-refractivity contribution in [3.8, 4) is 0 Å². The van der Waals surface area contributed by atoms with E-state index in [0.29, 0.717) is 24.8 Å². The Hall–Kier alpha value is -1.10. The molecule has 0 bridgehead atoms. The molecule has 1 fully saturated rings. The Balaban J connectivity index is 2.16. The highest BCUT2D eigenvalue weighted by Gasteiger charge is 2.43. The van der Waals surface area contributed by atoms with Gasteiger partial charge in [-0.05, 0) is 44.4 Å². The first kappa shape index (κ1) is 15.0. The number of carboxylic acids is 1. The number of hydrogen-bond donors (Lipinski definition) is 3. The van der Waals surface area contributed by atoms with Gasteiger partial charge in [0.15, 0.2) is 0 Å². The highest BCUT2D eigenvalue weighted by molar-refractivity contribution is 5.86. The Bertz CT molecular complexity index is 311. The van der Waals surface area contributed by atoms with Gasteiger partial charge in [-0.1, -0.05) is 6.92 Å². The molecule has 4 N–H and O–H groups in total. The summed E-state index contributed by atoms with van der Waals surface area (Å²) in [5.41, 5.74) is 5.25. The molecule has 1 aliphatic rings. The maximum absolute atomic E-state index is 11.9. The fraction of sp³-hybridized carbons (Fsp3) is 0.846. The zero-order valence-corrected chi connectivity index (χ0v) is 11.2. The highest BCUT2D eigenvalue weighted by atomic mass is 16.4. The zero-order chi connectivity index (χ0) is 13.8. The maximum atomic E-state index is 11.9. The molecule has 18 heavy (non-hydrogen) atoms. The van der Waals surface area contributed by atoms with Gasteiger partial charge in [0.1, 0.15) is 0 Å². The smallest absolute Gasteiger partial charge is 0.303 e. The molecule has 2 unspecified atom stereocenters. The van der Waals surface area contributed by atoms with E-state index >= 15 is 0 Å². The molecule has 5 nitrogen and oxygen atoms in total. The summed E-state index contributed by atoms with van der Waals surface area (Å²) in [7, 11) is 0. The monoisotopic (exact) mass is 256 g/mol. The van der Waals surface area contributed by atoms with Crippen LogP contribution in [0.25, 0.3) is 0 Å². The minimum absolute atomic E-state index is 0.0876. The molecule has 0 aromatic carbocycles. The molecular weight excluding hydrogens is 232 g/mol. The summed E-state index contributed by atoms with van der Waals surface area (Å²) in [6.07, 6.45) is 3.70. The van der Waals surface area contributed by atoms with Crippen molar-refractivity contribution in [3.63, 3.8) is 0 Å². The lowest BCUT2D eigenvalue weighted by atomic mass is 9.96. The predicted octanol–water partition coefficient (Wildman–Crippen LogP) is 1.12. The van der Waals surface area contributed by atoms with Gasteiger partial charge in [-0.3, -0.25) is 9.59 Å². The summed E-state index contributed by atoms with van der Waals surface area (Å²) in [4.78, 5) is 22.3. The van der Waals surface area contributed by atoms with Gasteiger partial charge in [0.25, 0.3) is 0 Å². The number of nitrogens with two attached hydrogens (primary N) is 1. The zero-order valence-electron chi connectivity index (χ0n) is 11.2. The van der Waals surface area contributed by atoms with Crippen molar-refractivity contribution in [1.29, 1.82) is 0 Å². The van der Waals surface area contributed by atoms with Gasteiger partial charge in [-0.2, -0.15) is 0 Å². The third kappa shape index (κ3) is 4.64. The van der Waals surface area contributed by atoms with Crippen LogP contribution in [0.5, 0.6) is 0 Å². The summed E-state index contributed by atoms with van der Waals surface area (Å²) in [6.45, 7) is 4.35. The standard InChI is InChI=1S/C13H24N2O3/c1-9(3-6-11(16)17)7-8-15-12(18)13(2,14)10-4-5-10/h9-10H,3-8,14H2,1-2H3,(H,15,18)(H,16,17). The third-order valence-corrected chi connectivity index (χ3v) is 3.69. The number of amides is 1. The number of carbonyl (C=O) groups excluding carboxylic acids is 1. The van der Waals surface area contributed by atoms with Gasteiger partial charge in [-0.15, -0.1) is 0 Å². The van der Waals surface area contributed by atoms with Crippen LogP contribution in [-0.4, -0.2) is 29.1 Å². The first-order chi connectivity index (χ1) is 8.34. The number of carboxylic acid groups (broad SMARTS) is 1. The molecule has 0 saturated heterocycles. The van der Waals surface area contributed by atoms with Crippen molar-refractivity contribution in [1.82, 2.24) is 5.32 Å². The first-order valence-electron chi connectivity index (χ1n) is 6.63. The topological polar surface area (TPSA) is 92.4 Å². The van der Waals surface area contributed by atoms with Gasteiger partial charge in [0.05, 0.1) is 5.54 Å². The lowest BCUT2D eigenvalue weighted by Gasteiger charge is -2.23. The summed E-state index contributed by atoms with van der Waals surface area (Å²) in [5.74, 6) is -0.238.